The van der Waals surface area contributed by atoms with Crippen molar-refractivity contribution in [2.75, 3.05) is 0 Å². The molecule has 2 aromatic rings. The van der Waals surface area contributed by atoms with Crippen molar-refractivity contribution in [2.24, 2.45) is 0 Å². The van der Waals surface area contributed by atoms with Crippen molar-refractivity contribution in [3.63, 3.8) is 0 Å². The number of hydrogen-bond acceptors (Lipinski definition) is 3. The van der Waals surface area contributed by atoms with Crippen LogP contribution in [-0.2, 0) is 16.6 Å². The van der Waals surface area contributed by atoms with Crippen LogP contribution in [0.1, 0.15) is 16.3 Å². The Morgan fingerprint density at radius 1 is 1.24 bits per heavy atom. The van der Waals surface area contributed by atoms with Crippen molar-refractivity contribution < 1.29 is 17.8 Å². The summed E-state index contributed by atoms with van der Waals surface area (Å²) in [6.07, 6.45) is 0.565. The topological polar surface area (TPSA) is 47.3 Å². The van der Waals surface area contributed by atoms with E-state index in [1.807, 2.05) is 0 Å². The van der Waals surface area contributed by atoms with Gasteiger partial charge in [0, 0.05) is 0 Å². The molecule has 0 spiro atoms. The first-order valence-corrected chi connectivity index (χ1v) is 6.19. The quantitative estimate of drug-likeness (QED) is 0.785. The molecule has 0 aliphatic rings. The van der Waals surface area contributed by atoms with Crippen molar-refractivity contribution in [1.29, 1.82) is 0 Å². The van der Waals surface area contributed by atoms with Crippen LogP contribution in [0.25, 0.3) is 0 Å². The Morgan fingerprint density at radius 2 is 2.00 bits per heavy atom. The maximum absolute atomic E-state index is 13.3. The molecule has 0 fully saturated rings. The van der Waals surface area contributed by atoms with Crippen LogP contribution >= 0.6 is 0 Å². The Kier molecular flexibility index (Phi) is 3.49. The Balaban J connectivity index is 2.17. The normalized spacial score (nSPS) is 12.3. The Morgan fingerprint density at radius 3 is 2.65 bits per heavy atom. The van der Waals surface area contributed by atoms with Crippen LogP contribution in [0, 0.1) is 5.82 Å². The summed E-state index contributed by atoms with van der Waals surface area (Å²) >= 11 is 0. The molecule has 2 rings (SSSR count). The van der Waals surface area contributed by atoms with Gasteiger partial charge in [-0.2, -0.15) is 0 Å². The minimum Gasteiger partial charge on any atom is -0.457 e. The maximum atomic E-state index is 13.3. The SMILES string of the molecule is O=Cc1ccc(CS(=O)c2ccccc2F)o1. The molecule has 0 aliphatic heterocycles. The molecule has 1 unspecified atom stereocenters. The van der Waals surface area contributed by atoms with Gasteiger partial charge < -0.3 is 4.42 Å². The van der Waals surface area contributed by atoms with Crippen molar-refractivity contribution in [3.8, 4) is 0 Å². The third-order valence-electron chi connectivity index (χ3n) is 2.15. The monoisotopic (exact) mass is 252 g/mol. The molecule has 1 atom stereocenters. The lowest BCUT2D eigenvalue weighted by Crippen LogP contribution is -1.98. The summed E-state index contributed by atoms with van der Waals surface area (Å²) < 4.78 is 30.3. The molecule has 17 heavy (non-hydrogen) atoms. The van der Waals surface area contributed by atoms with Gasteiger partial charge in [0.05, 0.1) is 21.4 Å². The van der Waals surface area contributed by atoms with Gasteiger partial charge >= 0.3 is 0 Å². The standard InChI is InChI=1S/C12H9FO3S/c13-11-3-1-2-4-12(11)17(15)8-10-6-5-9(7-14)16-10/h1-7H,8H2. The number of carbonyl (C=O) groups excluding carboxylic acids is 1. The van der Waals surface area contributed by atoms with E-state index in [-0.39, 0.29) is 16.4 Å². The molecule has 3 nitrogen and oxygen atoms in total. The molecular weight excluding hydrogens is 243 g/mol. The highest BCUT2D eigenvalue weighted by atomic mass is 32.2. The highest BCUT2D eigenvalue weighted by Crippen LogP contribution is 2.16. The molecule has 5 heteroatoms. The third kappa shape index (κ3) is 2.68. The van der Waals surface area contributed by atoms with E-state index in [1.165, 1.54) is 24.3 Å². The molecule has 1 heterocycles. The average Bonchev–Trinajstić information content (AvgIpc) is 2.77. The lowest BCUT2D eigenvalue weighted by atomic mass is 10.3. The number of benzene rings is 1. The number of aldehydes is 1. The van der Waals surface area contributed by atoms with E-state index < -0.39 is 16.6 Å². The summed E-state index contributed by atoms with van der Waals surface area (Å²) in [7, 11) is -1.52. The zero-order valence-corrected chi connectivity index (χ0v) is 9.58. The van der Waals surface area contributed by atoms with Crippen LogP contribution in [0.3, 0.4) is 0 Å². The maximum Gasteiger partial charge on any atom is 0.185 e. The van der Waals surface area contributed by atoms with Crippen LogP contribution in [0.15, 0.2) is 45.7 Å². The van der Waals surface area contributed by atoms with Gasteiger partial charge in [-0.05, 0) is 24.3 Å². The highest BCUT2D eigenvalue weighted by Gasteiger charge is 2.12. The first kappa shape index (κ1) is 11.7. The summed E-state index contributed by atoms with van der Waals surface area (Å²) in [4.78, 5) is 10.5. The second-order valence-electron chi connectivity index (χ2n) is 3.34. The van der Waals surface area contributed by atoms with Crippen LogP contribution in [0.4, 0.5) is 4.39 Å². The number of hydrogen-bond donors (Lipinski definition) is 0. The summed E-state index contributed by atoms with van der Waals surface area (Å²) in [5.74, 6) is 0.113. The Bertz CT molecular complexity index is 562. The minimum absolute atomic E-state index is 0.0504. The lowest BCUT2D eigenvalue weighted by Gasteiger charge is -2.01. The van der Waals surface area contributed by atoms with E-state index >= 15 is 0 Å². The number of carbonyl (C=O) groups is 1. The second kappa shape index (κ2) is 5.05. The Labute approximate surface area is 99.7 Å². The third-order valence-corrected chi connectivity index (χ3v) is 3.52. The van der Waals surface area contributed by atoms with Gasteiger partial charge in [0.2, 0.25) is 0 Å². The molecule has 88 valence electrons. The predicted molar refractivity (Wildman–Crippen MR) is 60.6 cm³/mol. The van der Waals surface area contributed by atoms with E-state index in [2.05, 4.69) is 0 Å². The Hall–Kier alpha value is -1.75. The molecule has 0 amide bonds. The van der Waals surface area contributed by atoms with Crippen molar-refractivity contribution in [2.45, 2.75) is 10.6 Å². The fourth-order valence-corrected chi connectivity index (χ4v) is 2.46. The number of halogens is 1. The van der Waals surface area contributed by atoms with E-state index in [0.717, 1.165) is 0 Å². The fourth-order valence-electron chi connectivity index (χ4n) is 1.37. The number of furan rings is 1. The van der Waals surface area contributed by atoms with Gasteiger partial charge in [-0.3, -0.25) is 9.00 Å². The second-order valence-corrected chi connectivity index (χ2v) is 4.76. The predicted octanol–water partition coefficient (Wildman–Crippen LogP) is 2.54. The van der Waals surface area contributed by atoms with Gasteiger partial charge in [-0.1, -0.05) is 12.1 Å². The molecule has 0 saturated heterocycles. The summed E-state index contributed by atoms with van der Waals surface area (Å²) in [5.41, 5.74) is 0. The molecule has 0 N–H and O–H groups in total. The van der Waals surface area contributed by atoms with E-state index in [1.54, 1.807) is 12.1 Å². The minimum atomic E-state index is -1.52. The smallest absolute Gasteiger partial charge is 0.185 e. The molecule has 0 aliphatic carbocycles. The average molecular weight is 252 g/mol. The van der Waals surface area contributed by atoms with E-state index in [9.17, 15) is 13.4 Å². The first-order chi connectivity index (χ1) is 8.20. The van der Waals surface area contributed by atoms with E-state index in [4.69, 9.17) is 4.42 Å². The molecule has 0 bridgehead atoms. The summed E-state index contributed by atoms with van der Waals surface area (Å²) in [5, 5.41) is 0. The van der Waals surface area contributed by atoms with Gasteiger partial charge in [-0.15, -0.1) is 0 Å². The largest absolute Gasteiger partial charge is 0.457 e. The van der Waals surface area contributed by atoms with Crippen LogP contribution in [0.5, 0.6) is 0 Å². The lowest BCUT2D eigenvalue weighted by molar-refractivity contribution is 0.109. The summed E-state index contributed by atoms with van der Waals surface area (Å²) in [6.45, 7) is 0. The van der Waals surface area contributed by atoms with E-state index in [0.29, 0.717) is 12.0 Å². The number of rotatable bonds is 4. The van der Waals surface area contributed by atoms with Crippen LogP contribution < -0.4 is 0 Å². The zero-order chi connectivity index (χ0) is 12.3. The van der Waals surface area contributed by atoms with Crippen LogP contribution in [-0.4, -0.2) is 10.5 Å². The first-order valence-electron chi connectivity index (χ1n) is 4.87. The highest BCUT2D eigenvalue weighted by molar-refractivity contribution is 7.84. The van der Waals surface area contributed by atoms with Crippen LogP contribution in [0.2, 0.25) is 0 Å². The molecule has 1 aromatic carbocycles. The summed E-state index contributed by atoms with van der Waals surface area (Å²) in [6, 6.07) is 8.92. The van der Waals surface area contributed by atoms with Gasteiger partial charge in [0.15, 0.2) is 12.0 Å². The molecule has 0 saturated carbocycles. The molecule has 1 aromatic heterocycles. The van der Waals surface area contributed by atoms with Gasteiger partial charge in [0.25, 0.3) is 0 Å². The van der Waals surface area contributed by atoms with Crippen molar-refractivity contribution >= 4 is 17.1 Å². The molecule has 0 radical (unpaired) electrons. The van der Waals surface area contributed by atoms with Gasteiger partial charge in [0.1, 0.15) is 11.6 Å². The van der Waals surface area contributed by atoms with Gasteiger partial charge in [-0.25, -0.2) is 4.39 Å². The van der Waals surface area contributed by atoms with Crippen molar-refractivity contribution in [3.05, 3.63) is 53.7 Å². The molecular formula is C12H9FO3S. The fraction of sp³-hybridized carbons (Fsp3) is 0.0833. The van der Waals surface area contributed by atoms with Crippen molar-refractivity contribution in [1.82, 2.24) is 0 Å². The zero-order valence-electron chi connectivity index (χ0n) is 8.76.